The van der Waals surface area contributed by atoms with Crippen LogP contribution >= 0.6 is 11.6 Å². The molecule has 1 aromatic carbocycles. The first-order chi connectivity index (χ1) is 8.95. The lowest BCUT2D eigenvalue weighted by Crippen LogP contribution is -2.45. The van der Waals surface area contributed by atoms with Crippen LogP contribution in [0.1, 0.15) is 25.5 Å². The fraction of sp³-hybridized carbons (Fsp3) is 0.500. The van der Waals surface area contributed by atoms with E-state index in [4.69, 9.17) is 22.1 Å². The Hall–Kier alpha value is -1.10. The van der Waals surface area contributed by atoms with Crippen molar-refractivity contribution in [1.29, 1.82) is 0 Å². The largest absolute Gasteiger partial charge is 0.383 e. The lowest BCUT2D eigenvalue weighted by Gasteiger charge is -2.24. The number of amides is 1. The van der Waals surface area contributed by atoms with Crippen LogP contribution < -0.4 is 11.1 Å². The number of rotatable bonds is 6. The Bertz CT molecular complexity index is 406. The maximum Gasteiger partial charge on any atom is 0.239 e. The van der Waals surface area contributed by atoms with Crippen LogP contribution in [0.2, 0.25) is 5.02 Å². The van der Waals surface area contributed by atoms with Crippen molar-refractivity contribution in [1.82, 2.24) is 5.32 Å². The zero-order valence-corrected chi connectivity index (χ0v) is 12.3. The van der Waals surface area contributed by atoms with E-state index in [2.05, 4.69) is 5.32 Å². The molecule has 1 aromatic rings. The molecular formula is C14H21ClN2O2. The van der Waals surface area contributed by atoms with Gasteiger partial charge in [-0.15, -0.1) is 0 Å². The van der Waals surface area contributed by atoms with E-state index in [1.54, 1.807) is 0 Å². The molecule has 106 valence electrons. The van der Waals surface area contributed by atoms with Crippen LogP contribution in [0, 0.1) is 5.92 Å². The first-order valence-electron chi connectivity index (χ1n) is 6.26. The molecule has 0 spiro atoms. The van der Waals surface area contributed by atoms with Gasteiger partial charge in [0, 0.05) is 12.1 Å². The second kappa shape index (κ2) is 7.48. The zero-order chi connectivity index (χ0) is 14.4. The monoisotopic (exact) mass is 284 g/mol. The third-order valence-electron chi connectivity index (χ3n) is 2.88. The van der Waals surface area contributed by atoms with Gasteiger partial charge in [-0.05, 0) is 23.6 Å². The lowest BCUT2D eigenvalue weighted by molar-refractivity contribution is -0.124. The maximum atomic E-state index is 11.9. The van der Waals surface area contributed by atoms with Crippen molar-refractivity contribution in [3.63, 3.8) is 0 Å². The fourth-order valence-corrected chi connectivity index (χ4v) is 1.95. The van der Waals surface area contributed by atoms with Crippen LogP contribution in [0.5, 0.6) is 0 Å². The Balaban J connectivity index is 2.79. The van der Waals surface area contributed by atoms with Crippen LogP contribution in [0.15, 0.2) is 24.3 Å². The number of carbonyl (C=O) groups is 1. The fourth-order valence-electron chi connectivity index (χ4n) is 1.82. The molecule has 4 nitrogen and oxygen atoms in total. The minimum absolute atomic E-state index is 0.0901. The molecule has 0 saturated carbocycles. The second-order valence-electron chi connectivity index (χ2n) is 4.84. The molecule has 0 radical (unpaired) electrons. The Labute approximate surface area is 119 Å². The zero-order valence-electron chi connectivity index (χ0n) is 11.5. The summed E-state index contributed by atoms with van der Waals surface area (Å²) >= 11 is 5.87. The summed E-state index contributed by atoms with van der Waals surface area (Å²) in [6.07, 6.45) is 0. The number of ether oxygens (including phenoxy) is 1. The molecule has 0 bridgehead atoms. The average molecular weight is 285 g/mol. The highest BCUT2D eigenvalue weighted by atomic mass is 35.5. The summed E-state index contributed by atoms with van der Waals surface area (Å²) < 4.78 is 4.88. The molecule has 5 heteroatoms. The van der Waals surface area contributed by atoms with Crippen LogP contribution in [0.4, 0.5) is 0 Å². The lowest BCUT2D eigenvalue weighted by atomic mass is 9.96. The number of methoxy groups -OCH3 is 1. The number of halogens is 1. The molecule has 0 fully saturated rings. The van der Waals surface area contributed by atoms with Crippen molar-refractivity contribution < 1.29 is 9.53 Å². The number of nitrogens with one attached hydrogen (secondary N) is 1. The SMILES string of the molecule is COCC(N)C(=O)NC(c1ccc(Cl)cc1)C(C)C. The van der Waals surface area contributed by atoms with Crippen molar-refractivity contribution >= 4 is 17.5 Å². The highest BCUT2D eigenvalue weighted by Crippen LogP contribution is 2.23. The molecule has 0 heterocycles. The van der Waals surface area contributed by atoms with E-state index >= 15 is 0 Å². The predicted molar refractivity (Wildman–Crippen MR) is 77.0 cm³/mol. The molecule has 0 aliphatic carbocycles. The Morgan fingerprint density at radius 1 is 1.37 bits per heavy atom. The van der Waals surface area contributed by atoms with E-state index in [1.165, 1.54) is 7.11 Å². The van der Waals surface area contributed by atoms with Crippen LogP contribution in [0.3, 0.4) is 0 Å². The summed E-state index contributed by atoms with van der Waals surface area (Å²) in [5.41, 5.74) is 6.73. The minimum atomic E-state index is -0.654. The van der Waals surface area contributed by atoms with Gasteiger partial charge in [-0.3, -0.25) is 4.79 Å². The molecule has 3 N–H and O–H groups in total. The molecule has 0 aromatic heterocycles. The molecule has 0 aliphatic rings. The summed E-state index contributed by atoms with van der Waals surface area (Å²) in [4.78, 5) is 11.9. The standard InChI is InChI=1S/C14H21ClN2O2/c1-9(2)13(10-4-6-11(15)7-5-10)17-14(18)12(16)8-19-3/h4-7,9,12-13H,8,16H2,1-3H3,(H,17,18). The second-order valence-corrected chi connectivity index (χ2v) is 5.28. The Morgan fingerprint density at radius 3 is 2.42 bits per heavy atom. The highest BCUT2D eigenvalue weighted by Gasteiger charge is 2.21. The number of hydrogen-bond donors (Lipinski definition) is 2. The molecule has 1 amide bonds. The van der Waals surface area contributed by atoms with Crippen molar-refractivity contribution in [3.05, 3.63) is 34.9 Å². The minimum Gasteiger partial charge on any atom is -0.383 e. The van der Waals surface area contributed by atoms with Crippen molar-refractivity contribution in [2.45, 2.75) is 25.9 Å². The molecule has 0 aliphatic heterocycles. The Kier molecular flexibility index (Phi) is 6.28. The van der Waals surface area contributed by atoms with Gasteiger partial charge in [0.15, 0.2) is 0 Å². The predicted octanol–water partition coefficient (Wildman–Crippen LogP) is 2.13. The van der Waals surface area contributed by atoms with Gasteiger partial charge < -0.3 is 15.8 Å². The van der Waals surface area contributed by atoms with Crippen molar-refractivity contribution in [2.24, 2.45) is 11.7 Å². The topological polar surface area (TPSA) is 64.3 Å². The number of nitrogens with two attached hydrogens (primary N) is 1. The first kappa shape index (κ1) is 16.0. The van der Waals surface area contributed by atoms with E-state index in [9.17, 15) is 4.79 Å². The van der Waals surface area contributed by atoms with Gasteiger partial charge in [-0.25, -0.2) is 0 Å². The molecule has 0 saturated heterocycles. The first-order valence-corrected chi connectivity index (χ1v) is 6.64. The number of benzene rings is 1. The maximum absolute atomic E-state index is 11.9. The number of carbonyl (C=O) groups excluding carboxylic acids is 1. The third-order valence-corrected chi connectivity index (χ3v) is 3.13. The van der Waals surface area contributed by atoms with E-state index in [-0.39, 0.29) is 24.5 Å². The summed E-state index contributed by atoms with van der Waals surface area (Å²) in [5.74, 6) is 0.0374. The average Bonchev–Trinajstić information content (AvgIpc) is 2.37. The van der Waals surface area contributed by atoms with E-state index in [1.807, 2.05) is 38.1 Å². The third kappa shape index (κ3) is 4.82. The van der Waals surface area contributed by atoms with Gasteiger partial charge in [0.2, 0.25) is 5.91 Å². The highest BCUT2D eigenvalue weighted by molar-refractivity contribution is 6.30. The van der Waals surface area contributed by atoms with E-state index in [0.717, 1.165) is 5.56 Å². The molecular weight excluding hydrogens is 264 g/mol. The quantitative estimate of drug-likeness (QED) is 0.841. The van der Waals surface area contributed by atoms with Gasteiger partial charge in [-0.1, -0.05) is 37.6 Å². The molecule has 2 unspecified atom stereocenters. The summed E-state index contributed by atoms with van der Waals surface area (Å²) in [6, 6.07) is 6.71. The summed E-state index contributed by atoms with van der Waals surface area (Å²) in [5, 5.41) is 3.62. The van der Waals surface area contributed by atoms with Crippen LogP contribution in [0.25, 0.3) is 0 Å². The van der Waals surface area contributed by atoms with Crippen LogP contribution in [-0.2, 0) is 9.53 Å². The van der Waals surface area contributed by atoms with Gasteiger partial charge in [0.05, 0.1) is 12.6 Å². The van der Waals surface area contributed by atoms with E-state index < -0.39 is 6.04 Å². The van der Waals surface area contributed by atoms with Crippen molar-refractivity contribution in [3.8, 4) is 0 Å². The van der Waals surface area contributed by atoms with Gasteiger partial charge in [-0.2, -0.15) is 0 Å². The van der Waals surface area contributed by atoms with Crippen molar-refractivity contribution in [2.75, 3.05) is 13.7 Å². The van der Waals surface area contributed by atoms with E-state index in [0.29, 0.717) is 5.02 Å². The van der Waals surface area contributed by atoms with Crippen LogP contribution in [-0.4, -0.2) is 25.7 Å². The van der Waals surface area contributed by atoms with Gasteiger partial charge in [0.1, 0.15) is 6.04 Å². The molecule has 19 heavy (non-hydrogen) atoms. The normalized spacial score (nSPS) is 14.2. The van der Waals surface area contributed by atoms with Gasteiger partial charge >= 0.3 is 0 Å². The number of hydrogen-bond acceptors (Lipinski definition) is 3. The summed E-state index contributed by atoms with van der Waals surface area (Å²) in [6.45, 7) is 4.29. The summed E-state index contributed by atoms with van der Waals surface area (Å²) in [7, 11) is 1.52. The smallest absolute Gasteiger partial charge is 0.239 e. The molecule has 1 rings (SSSR count). The molecule has 2 atom stereocenters. The van der Waals surface area contributed by atoms with Gasteiger partial charge in [0.25, 0.3) is 0 Å². The Morgan fingerprint density at radius 2 is 1.95 bits per heavy atom.